The van der Waals surface area contributed by atoms with Gasteiger partial charge in [0.2, 0.25) is 0 Å². The van der Waals surface area contributed by atoms with E-state index in [-0.39, 0.29) is 11.9 Å². The number of amides is 1. The van der Waals surface area contributed by atoms with Crippen molar-refractivity contribution in [3.05, 3.63) is 84.6 Å². The van der Waals surface area contributed by atoms with Crippen molar-refractivity contribution < 1.29 is 9.21 Å². The van der Waals surface area contributed by atoms with Crippen LogP contribution in [0.3, 0.4) is 0 Å². The van der Waals surface area contributed by atoms with E-state index >= 15 is 0 Å². The number of nitrogens with zero attached hydrogens (tertiary/aromatic N) is 3. The van der Waals surface area contributed by atoms with Crippen LogP contribution in [-0.4, -0.2) is 40.4 Å². The number of fused-ring (bicyclic) bond motifs is 1. The molecule has 1 saturated heterocycles. The van der Waals surface area contributed by atoms with Crippen LogP contribution in [0.5, 0.6) is 0 Å². The second-order valence-electron chi connectivity index (χ2n) is 8.15. The van der Waals surface area contributed by atoms with Gasteiger partial charge in [0.15, 0.2) is 0 Å². The van der Waals surface area contributed by atoms with Crippen molar-refractivity contribution in [2.24, 2.45) is 0 Å². The second kappa shape index (κ2) is 9.32. The summed E-state index contributed by atoms with van der Waals surface area (Å²) < 4.78 is 5.72. The van der Waals surface area contributed by atoms with Gasteiger partial charge in [0.25, 0.3) is 5.91 Å². The lowest BCUT2D eigenvalue weighted by Gasteiger charge is -2.33. The van der Waals surface area contributed by atoms with E-state index in [0.29, 0.717) is 12.1 Å². The lowest BCUT2D eigenvalue weighted by molar-refractivity contribution is 0.0915. The SMILES string of the molecule is O=C(NCC(c1ccco1)N1CCCCC1)c1cc(-c2cccnc2)nc2ccccc12. The predicted molar refractivity (Wildman–Crippen MR) is 124 cm³/mol. The maximum absolute atomic E-state index is 13.4. The summed E-state index contributed by atoms with van der Waals surface area (Å²) >= 11 is 0. The fourth-order valence-electron chi connectivity index (χ4n) is 4.43. The van der Waals surface area contributed by atoms with Crippen molar-refractivity contribution in [2.75, 3.05) is 19.6 Å². The Balaban J connectivity index is 1.44. The van der Waals surface area contributed by atoms with Gasteiger partial charge < -0.3 is 9.73 Å². The number of piperidine rings is 1. The molecule has 162 valence electrons. The van der Waals surface area contributed by atoms with Gasteiger partial charge in [0.05, 0.1) is 29.1 Å². The van der Waals surface area contributed by atoms with Gasteiger partial charge in [0, 0.05) is 29.9 Å². The maximum atomic E-state index is 13.4. The van der Waals surface area contributed by atoms with Crippen LogP contribution >= 0.6 is 0 Å². The summed E-state index contributed by atoms with van der Waals surface area (Å²) in [5.74, 6) is 0.783. The molecule has 1 aliphatic rings. The molecule has 1 aromatic carbocycles. The molecule has 4 aromatic rings. The van der Waals surface area contributed by atoms with Crippen LogP contribution in [0.4, 0.5) is 0 Å². The van der Waals surface area contributed by atoms with Crippen LogP contribution < -0.4 is 5.32 Å². The minimum Gasteiger partial charge on any atom is -0.468 e. The average molecular weight is 427 g/mol. The first-order valence-corrected chi connectivity index (χ1v) is 11.2. The molecule has 1 fully saturated rings. The van der Waals surface area contributed by atoms with Crippen LogP contribution in [0.15, 0.2) is 77.7 Å². The molecule has 1 atom stereocenters. The van der Waals surface area contributed by atoms with Crippen molar-refractivity contribution in [1.29, 1.82) is 0 Å². The number of pyridine rings is 2. The summed E-state index contributed by atoms with van der Waals surface area (Å²) in [7, 11) is 0. The smallest absolute Gasteiger partial charge is 0.252 e. The van der Waals surface area contributed by atoms with Gasteiger partial charge in [-0.05, 0) is 62.3 Å². The summed E-state index contributed by atoms with van der Waals surface area (Å²) in [4.78, 5) is 24.8. The van der Waals surface area contributed by atoms with Crippen molar-refractivity contribution in [3.8, 4) is 11.3 Å². The van der Waals surface area contributed by atoms with Gasteiger partial charge in [-0.15, -0.1) is 0 Å². The third-order valence-corrected chi connectivity index (χ3v) is 6.08. The summed E-state index contributed by atoms with van der Waals surface area (Å²) in [5.41, 5.74) is 3.03. The molecule has 1 aliphatic heterocycles. The predicted octanol–water partition coefficient (Wildman–Crippen LogP) is 4.85. The molecule has 3 aromatic heterocycles. The van der Waals surface area contributed by atoms with Crippen molar-refractivity contribution in [1.82, 2.24) is 20.2 Å². The third kappa shape index (κ3) is 4.27. The van der Waals surface area contributed by atoms with E-state index in [9.17, 15) is 4.79 Å². The summed E-state index contributed by atoms with van der Waals surface area (Å²) in [5, 5.41) is 4.01. The van der Waals surface area contributed by atoms with E-state index in [4.69, 9.17) is 9.40 Å². The highest BCUT2D eigenvalue weighted by atomic mass is 16.3. The lowest BCUT2D eigenvalue weighted by Crippen LogP contribution is -2.40. The zero-order valence-corrected chi connectivity index (χ0v) is 17.9. The van der Waals surface area contributed by atoms with Gasteiger partial charge in [-0.25, -0.2) is 4.98 Å². The topological polar surface area (TPSA) is 71.3 Å². The third-order valence-electron chi connectivity index (χ3n) is 6.08. The number of carbonyl (C=O) groups is 1. The molecule has 6 heteroatoms. The number of aromatic nitrogens is 2. The lowest BCUT2D eigenvalue weighted by atomic mass is 10.0. The molecular formula is C26H26N4O2. The Morgan fingerprint density at radius 1 is 1.06 bits per heavy atom. The van der Waals surface area contributed by atoms with E-state index in [1.807, 2.05) is 54.6 Å². The highest BCUT2D eigenvalue weighted by Crippen LogP contribution is 2.26. The summed E-state index contributed by atoms with van der Waals surface area (Å²) in [6.07, 6.45) is 8.80. The molecule has 0 aliphatic carbocycles. The van der Waals surface area contributed by atoms with Crippen LogP contribution in [0, 0.1) is 0 Å². The second-order valence-corrected chi connectivity index (χ2v) is 8.15. The first-order chi connectivity index (χ1) is 15.8. The molecule has 4 heterocycles. The molecule has 1 unspecified atom stereocenters. The van der Waals surface area contributed by atoms with Crippen LogP contribution in [0.2, 0.25) is 0 Å². The molecule has 1 N–H and O–H groups in total. The Hall–Kier alpha value is -3.51. The first-order valence-electron chi connectivity index (χ1n) is 11.2. The average Bonchev–Trinajstić information content (AvgIpc) is 3.39. The van der Waals surface area contributed by atoms with Gasteiger partial charge in [-0.3, -0.25) is 14.7 Å². The van der Waals surface area contributed by atoms with E-state index in [1.54, 1.807) is 18.7 Å². The Bertz CT molecular complexity index is 1190. The zero-order valence-electron chi connectivity index (χ0n) is 17.9. The van der Waals surface area contributed by atoms with Gasteiger partial charge in [0.1, 0.15) is 5.76 Å². The monoisotopic (exact) mass is 426 g/mol. The Morgan fingerprint density at radius 2 is 1.94 bits per heavy atom. The number of hydrogen-bond donors (Lipinski definition) is 1. The molecule has 32 heavy (non-hydrogen) atoms. The summed E-state index contributed by atoms with van der Waals surface area (Å²) in [6, 6.07) is 17.4. The van der Waals surface area contributed by atoms with Crippen LogP contribution in [0.1, 0.15) is 41.4 Å². The molecular weight excluding hydrogens is 400 g/mol. The number of para-hydroxylation sites is 1. The quantitative estimate of drug-likeness (QED) is 0.477. The highest BCUT2D eigenvalue weighted by Gasteiger charge is 2.25. The molecule has 0 bridgehead atoms. The maximum Gasteiger partial charge on any atom is 0.252 e. The number of nitrogens with one attached hydrogen (secondary N) is 1. The molecule has 0 radical (unpaired) electrons. The van der Waals surface area contributed by atoms with Crippen molar-refractivity contribution in [3.63, 3.8) is 0 Å². The van der Waals surface area contributed by atoms with E-state index in [0.717, 1.165) is 41.0 Å². The molecule has 1 amide bonds. The number of hydrogen-bond acceptors (Lipinski definition) is 5. The minimum atomic E-state index is -0.109. The molecule has 5 rings (SSSR count). The fraction of sp³-hybridized carbons (Fsp3) is 0.269. The van der Waals surface area contributed by atoms with E-state index < -0.39 is 0 Å². The number of furan rings is 1. The Labute approximate surface area is 187 Å². The standard InChI is InChI=1S/C26H26N4O2/c31-26(28-18-24(25-11-7-15-32-25)30-13-4-1-5-14-30)21-16-23(19-8-6-12-27-17-19)29-22-10-3-2-9-20(21)22/h2-3,6-12,15-17,24H,1,4-5,13-14,18H2,(H,28,31). The zero-order chi connectivity index (χ0) is 21.8. The Kier molecular flexibility index (Phi) is 5.94. The number of carbonyl (C=O) groups excluding carboxylic acids is 1. The van der Waals surface area contributed by atoms with E-state index in [2.05, 4.69) is 15.2 Å². The first kappa shape index (κ1) is 20.4. The van der Waals surface area contributed by atoms with E-state index in [1.165, 1.54) is 19.3 Å². The van der Waals surface area contributed by atoms with Gasteiger partial charge in [-0.2, -0.15) is 0 Å². The number of rotatable bonds is 6. The summed E-state index contributed by atoms with van der Waals surface area (Å²) in [6.45, 7) is 2.53. The van der Waals surface area contributed by atoms with Gasteiger partial charge in [-0.1, -0.05) is 24.6 Å². The molecule has 6 nitrogen and oxygen atoms in total. The number of benzene rings is 1. The fourth-order valence-corrected chi connectivity index (χ4v) is 4.43. The minimum absolute atomic E-state index is 0.0279. The van der Waals surface area contributed by atoms with Crippen LogP contribution in [-0.2, 0) is 0 Å². The highest BCUT2D eigenvalue weighted by molar-refractivity contribution is 6.07. The van der Waals surface area contributed by atoms with Gasteiger partial charge >= 0.3 is 0 Å². The largest absolute Gasteiger partial charge is 0.468 e. The normalized spacial score (nSPS) is 15.5. The van der Waals surface area contributed by atoms with Crippen molar-refractivity contribution in [2.45, 2.75) is 25.3 Å². The molecule has 0 saturated carbocycles. The van der Waals surface area contributed by atoms with Crippen LogP contribution in [0.25, 0.3) is 22.2 Å². The van der Waals surface area contributed by atoms with Crippen molar-refractivity contribution >= 4 is 16.8 Å². The Morgan fingerprint density at radius 3 is 2.72 bits per heavy atom. The number of likely N-dealkylation sites (tertiary alicyclic amines) is 1. The molecule has 0 spiro atoms.